The molecule has 0 bridgehead atoms. The fraction of sp³-hybridized carbons (Fsp3) is 0.211. The fourth-order valence-electron chi connectivity index (χ4n) is 2.20. The SMILES string of the molecule is CCSc1ccccc1C(=O)OCC(=O)N(CC#N)c1ccccc1. The third-order valence-electron chi connectivity index (χ3n) is 3.33. The molecule has 0 unspecified atom stereocenters. The largest absolute Gasteiger partial charge is 0.452 e. The van der Waals surface area contributed by atoms with E-state index in [1.165, 1.54) is 16.7 Å². The van der Waals surface area contributed by atoms with E-state index in [9.17, 15) is 9.59 Å². The van der Waals surface area contributed by atoms with Gasteiger partial charge in [0.25, 0.3) is 5.91 Å². The molecule has 0 N–H and O–H groups in total. The van der Waals surface area contributed by atoms with Gasteiger partial charge in [-0.3, -0.25) is 9.69 Å². The zero-order chi connectivity index (χ0) is 18.1. The zero-order valence-corrected chi connectivity index (χ0v) is 14.7. The second-order valence-corrected chi connectivity index (χ2v) is 6.28. The lowest BCUT2D eigenvalue weighted by Gasteiger charge is -2.19. The standard InChI is InChI=1S/C19H18N2O3S/c1-2-25-17-11-7-6-10-16(17)19(23)24-14-18(22)21(13-12-20)15-8-4-3-5-9-15/h3-11H,2,13-14H2,1H3. The first-order valence-electron chi connectivity index (χ1n) is 7.78. The lowest BCUT2D eigenvalue weighted by Crippen LogP contribution is -2.35. The molecule has 0 spiro atoms. The maximum Gasteiger partial charge on any atom is 0.339 e. The van der Waals surface area contributed by atoms with Gasteiger partial charge >= 0.3 is 5.97 Å². The van der Waals surface area contributed by atoms with Crippen molar-refractivity contribution >= 4 is 29.3 Å². The molecule has 0 aliphatic carbocycles. The first kappa shape index (κ1) is 18.6. The van der Waals surface area contributed by atoms with Gasteiger partial charge < -0.3 is 4.74 Å². The van der Waals surface area contributed by atoms with Crippen molar-refractivity contribution in [1.29, 1.82) is 5.26 Å². The van der Waals surface area contributed by atoms with E-state index in [1.807, 2.05) is 31.2 Å². The van der Waals surface area contributed by atoms with Crippen LogP contribution in [0.4, 0.5) is 5.69 Å². The molecule has 5 nitrogen and oxygen atoms in total. The van der Waals surface area contributed by atoms with E-state index in [0.717, 1.165) is 10.6 Å². The highest BCUT2D eigenvalue weighted by molar-refractivity contribution is 7.99. The first-order valence-corrected chi connectivity index (χ1v) is 8.77. The van der Waals surface area contributed by atoms with Crippen molar-refractivity contribution in [3.05, 3.63) is 60.2 Å². The maximum absolute atomic E-state index is 12.4. The molecule has 0 heterocycles. The Morgan fingerprint density at radius 3 is 2.48 bits per heavy atom. The Bertz CT molecular complexity index is 772. The van der Waals surface area contributed by atoms with E-state index in [1.54, 1.807) is 36.4 Å². The van der Waals surface area contributed by atoms with Crippen LogP contribution >= 0.6 is 11.8 Å². The van der Waals surface area contributed by atoms with Crippen LogP contribution in [0.25, 0.3) is 0 Å². The lowest BCUT2D eigenvalue weighted by molar-refractivity contribution is -0.121. The molecule has 128 valence electrons. The molecule has 0 aliphatic rings. The minimum atomic E-state index is -0.546. The third kappa shape index (κ3) is 5.10. The number of hydrogen-bond donors (Lipinski definition) is 0. The van der Waals surface area contributed by atoms with Gasteiger partial charge in [0, 0.05) is 10.6 Å². The predicted octanol–water partition coefficient (Wildman–Crippen LogP) is 3.51. The van der Waals surface area contributed by atoms with Crippen LogP contribution in [-0.2, 0) is 9.53 Å². The third-order valence-corrected chi connectivity index (χ3v) is 4.29. The molecule has 0 aliphatic heterocycles. The monoisotopic (exact) mass is 354 g/mol. The molecular weight excluding hydrogens is 336 g/mol. The van der Waals surface area contributed by atoms with Gasteiger partial charge in [-0.2, -0.15) is 5.26 Å². The molecule has 0 aromatic heterocycles. The summed E-state index contributed by atoms with van der Waals surface area (Å²) >= 11 is 1.54. The summed E-state index contributed by atoms with van der Waals surface area (Å²) in [4.78, 5) is 26.8. The van der Waals surface area contributed by atoms with E-state index in [4.69, 9.17) is 10.00 Å². The van der Waals surface area contributed by atoms with Crippen LogP contribution in [0.15, 0.2) is 59.5 Å². The van der Waals surface area contributed by atoms with Gasteiger partial charge in [0.15, 0.2) is 6.61 Å². The number of esters is 1. The maximum atomic E-state index is 12.4. The van der Waals surface area contributed by atoms with Gasteiger partial charge in [0.1, 0.15) is 6.54 Å². The van der Waals surface area contributed by atoms with Crippen molar-refractivity contribution in [2.24, 2.45) is 0 Å². The average Bonchev–Trinajstić information content (AvgIpc) is 2.65. The molecule has 25 heavy (non-hydrogen) atoms. The normalized spacial score (nSPS) is 9.92. The number of carbonyl (C=O) groups is 2. The zero-order valence-electron chi connectivity index (χ0n) is 13.8. The molecule has 2 aromatic rings. The Labute approximate surface area is 151 Å². The summed E-state index contributed by atoms with van der Waals surface area (Å²) in [7, 11) is 0. The number of nitriles is 1. The summed E-state index contributed by atoms with van der Waals surface area (Å²) in [5, 5.41) is 8.94. The molecule has 0 radical (unpaired) electrons. The van der Waals surface area contributed by atoms with Gasteiger partial charge in [-0.1, -0.05) is 37.3 Å². The Morgan fingerprint density at radius 2 is 1.80 bits per heavy atom. The van der Waals surface area contributed by atoms with Gasteiger partial charge in [-0.15, -0.1) is 11.8 Å². The lowest BCUT2D eigenvalue weighted by atomic mass is 10.2. The van der Waals surface area contributed by atoms with E-state index in [0.29, 0.717) is 11.3 Å². The number of nitrogens with zero attached hydrogens (tertiary/aromatic N) is 2. The molecule has 0 atom stereocenters. The van der Waals surface area contributed by atoms with Crippen LogP contribution in [0.2, 0.25) is 0 Å². The fourth-order valence-corrected chi connectivity index (χ4v) is 2.99. The van der Waals surface area contributed by atoms with Gasteiger partial charge in [-0.25, -0.2) is 4.79 Å². The Morgan fingerprint density at radius 1 is 1.12 bits per heavy atom. The number of thioether (sulfide) groups is 1. The molecule has 6 heteroatoms. The van der Waals surface area contributed by atoms with Gasteiger partial charge in [-0.05, 0) is 30.0 Å². The van der Waals surface area contributed by atoms with Crippen LogP contribution in [-0.4, -0.2) is 30.8 Å². The van der Waals surface area contributed by atoms with E-state index < -0.39 is 18.5 Å². The van der Waals surface area contributed by atoms with Crippen LogP contribution in [0.1, 0.15) is 17.3 Å². The topological polar surface area (TPSA) is 70.4 Å². The summed E-state index contributed by atoms with van der Waals surface area (Å²) in [6.07, 6.45) is 0. The molecule has 2 rings (SSSR count). The summed E-state index contributed by atoms with van der Waals surface area (Å²) in [5.74, 6) is -0.163. The number of benzene rings is 2. The van der Waals surface area contributed by atoms with E-state index in [-0.39, 0.29) is 6.54 Å². The molecule has 0 saturated carbocycles. The number of hydrogen-bond acceptors (Lipinski definition) is 5. The summed E-state index contributed by atoms with van der Waals surface area (Å²) < 4.78 is 5.17. The highest BCUT2D eigenvalue weighted by Gasteiger charge is 2.19. The van der Waals surface area contributed by atoms with Crippen molar-refractivity contribution < 1.29 is 14.3 Å². The van der Waals surface area contributed by atoms with Crippen molar-refractivity contribution in [2.75, 3.05) is 23.8 Å². The van der Waals surface area contributed by atoms with E-state index >= 15 is 0 Å². The van der Waals surface area contributed by atoms with Gasteiger partial charge in [0.05, 0.1) is 11.6 Å². The number of anilines is 1. The number of amides is 1. The van der Waals surface area contributed by atoms with E-state index in [2.05, 4.69) is 0 Å². The number of para-hydroxylation sites is 1. The summed E-state index contributed by atoms with van der Waals surface area (Å²) in [5.41, 5.74) is 1.03. The minimum Gasteiger partial charge on any atom is -0.452 e. The van der Waals surface area contributed by atoms with Crippen LogP contribution in [0, 0.1) is 11.3 Å². The Hall–Kier alpha value is -2.78. The average molecular weight is 354 g/mol. The van der Waals surface area contributed by atoms with Crippen molar-refractivity contribution in [3.8, 4) is 6.07 Å². The molecular formula is C19H18N2O3S. The molecule has 2 aromatic carbocycles. The van der Waals surface area contributed by atoms with Crippen molar-refractivity contribution in [1.82, 2.24) is 0 Å². The number of carbonyl (C=O) groups excluding carboxylic acids is 2. The highest BCUT2D eigenvalue weighted by Crippen LogP contribution is 2.23. The second-order valence-electron chi connectivity index (χ2n) is 4.98. The minimum absolute atomic E-state index is 0.108. The van der Waals surface area contributed by atoms with Crippen LogP contribution < -0.4 is 4.90 Å². The first-order chi connectivity index (χ1) is 12.2. The van der Waals surface area contributed by atoms with Crippen molar-refractivity contribution in [2.45, 2.75) is 11.8 Å². The van der Waals surface area contributed by atoms with Crippen LogP contribution in [0.5, 0.6) is 0 Å². The molecule has 1 amide bonds. The summed E-state index contributed by atoms with van der Waals surface area (Å²) in [6, 6.07) is 17.9. The second kappa shape index (κ2) is 9.50. The predicted molar refractivity (Wildman–Crippen MR) is 97.5 cm³/mol. The van der Waals surface area contributed by atoms with Gasteiger partial charge in [0.2, 0.25) is 0 Å². The quantitative estimate of drug-likeness (QED) is 0.432. The highest BCUT2D eigenvalue weighted by atomic mass is 32.2. The Kier molecular flexibility index (Phi) is 7.05. The Balaban J connectivity index is 2.05. The molecule has 0 fully saturated rings. The number of ether oxygens (including phenoxy) is 1. The summed E-state index contributed by atoms with van der Waals surface area (Å²) in [6.45, 7) is 1.47. The molecule has 0 saturated heterocycles. The number of rotatable bonds is 7. The van der Waals surface area contributed by atoms with Crippen LogP contribution in [0.3, 0.4) is 0 Å². The van der Waals surface area contributed by atoms with Crippen molar-refractivity contribution in [3.63, 3.8) is 0 Å². The smallest absolute Gasteiger partial charge is 0.339 e.